The summed E-state index contributed by atoms with van der Waals surface area (Å²) in [7, 11) is 3.21. The van der Waals surface area contributed by atoms with Crippen molar-refractivity contribution in [3.05, 3.63) is 59.7 Å². The Balaban J connectivity index is 2.00. The molecule has 0 amide bonds. The largest absolute Gasteiger partial charge is 0.497 e. The minimum atomic E-state index is -0.801. The number of rotatable bonds is 11. The lowest BCUT2D eigenvalue weighted by atomic mass is 9.91. The maximum atomic E-state index is 11.3. The van der Waals surface area contributed by atoms with Gasteiger partial charge in [-0.2, -0.15) is 0 Å². The zero-order valence-electron chi connectivity index (χ0n) is 16.2. The molecule has 2 atom stereocenters. The van der Waals surface area contributed by atoms with Gasteiger partial charge in [-0.3, -0.25) is 4.79 Å². The predicted octanol–water partition coefficient (Wildman–Crippen LogP) is 4.33. The van der Waals surface area contributed by atoms with Crippen LogP contribution in [0.4, 0.5) is 0 Å². The van der Waals surface area contributed by atoms with Crippen molar-refractivity contribution < 1.29 is 24.1 Å². The highest BCUT2D eigenvalue weighted by molar-refractivity contribution is 5.67. The fraction of sp³-hybridized carbons (Fsp3) is 0.409. The van der Waals surface area contributed by atoms with E-state index < -0.39 is 5.97 Å². The van der Waals surface area contributed by atoms with E-state index in [-0.39, 0.29) is 18.4 Å². The van der Waals surface area contributed by atoms with E-state index in [0.717, 1.165) is 11.1 Å². The van der Waals surface area contributed by atoms with Gasteiger partial charge in [0.15, 0.2) is 0 Å². The third-order valence-corrected chi connectivity index (χ3v) is 4.44. The molecule has 2 aromatic carbocycles. The highest BCUT2D eigenvalue weighted by atomic mass is 16.5. The van der Waals surface area contributed by atoms with Gasteiger partial charge < -0.3 is 19.3 Å². The Hall–Kier alpha value is -2.53. The number of hydrogen-bond donors (Lipinski definition) is 1. The Morgan fingerprint density at radius 3 is 2.19 bits per heavy atom. The molecule has 0 spiro atoms. The summed E-state index contributed by atoms with van der Waals surface area (Å²) in [5, 5.41) is 9.29. The quantitative estimate of drug-likeness (QED) is 0.636. The lowest BCUT2D eigenvalue weighted by Crippen LogP contribution is -2.19. The van der Waals surface area contributed by atoms with Gasteiger partial charge in [-0.25, -0.2) is 0 Å². The zero-order chi connectivity index (χ0) is 19.6. The van der Waals surface area contributed by atoms with E-state index in [2.05, 4.69) is 0 Å². The van der Waals surface area contributed by atoms with Crippen LogP contribution in [0.15, 0.2) is 48.5 Å². The van der Waals surface area contributed by atoms with Gasteiger partial charge in [0.1, 0.15) is 11.5 Å². The molecule has 1 N–H and O–H groups in total. The first-order chi connectivity index (χ1) is 13.0. The predicted molar refractivity (Wildman–Crippen MR) is 104 cm³/mol. The molecule has 27 heavy (non-hydrogen) atoms. The van der Waals surface area contributed by atoms with Crippen LogP contribution in [0.2, 0.25) is 0 Å². The molecule has 0 saturated carbocycles. The summed E-state index contributed by atoms with van der Waals surface area (Å²) >= 11 is 0. The minimum Gasteiger partial charge on any atom is -0.497 e. The second kappa shape index (κ2) is 10.6. The van der Waals surface area contributed by atoms with Crippen LogP contribution < -0.4 is 9.47 Å². The number of aliphatic carboxylic acids is 1. The summed E-state index contributed by atoms with van der Waals surface area (Å²) in [6.45, 7) is 2.51. The normalized spacial score (nSPS) is 13.0. The molecule has 0 unspecified atom stereocenters. The van der Waals surface area contributed by atoms with Crippen molar-refractivity contribution in [1.29, 1.82) is 0 Å². The lowest BCUT2D eigenvalue weighted by Gasteiger charge is -2.21. The van der Waals surface area contributed by atoms with Gasteiger partial charge in [-0.15, -0.1) is 0 Å². The first-order valence-corrected chi connectivity index (χ1v) is 9.09. The highest BCUT2D eigenvalue weighted by Gasteiger charge is 2.19. The first kappa shape index (κ1) is 20.8. The number of hydrogen-bond acceptors (Lipinski definition) is 4. The molecule has 0 aliphatic rings. The maximum absolute atomic E-state index is 11.3. The molecule has 0 aliphatic heterocycles. The minimum absolute atomic E-state index is 0.0370. The fourth-order valence-corrected chi connectivity index (χ4v) is 3.15. The summed E-state index contributed by atoms with van der Waals surface area (Å²) in [5.74, 6) is 0.564. The van der Waals surface area contributed by atoms with Gasteiger partial charge in [-0.05, 0) is 48.9 Å². The summed E-state index contributed by atoms with van der Waals surface area (Å²) in [5.41, 5.74) is 2.10. The lowest BCUT2D eigenvalue weighted by molar-refractivity contribution is -0.138. The zero-order valence-corrected chi connectivity index (χ0v) is 16.2. The van der Waals surface area contributed by atoms with Crippen molar-refractivity contribution in [3.63, 3.8) is 0 Å². The van der Waals surface area contributed by atoms with E-state index in [1.807, 2.05) is 49.4 Å². The number of ether oxygens (including phenoxy) is 3. The number of carbonyl (C=O) groups is 1. The smallest absolute Gasteiger partial charge is 0.303 e. The molecule has 0 aliphatic carbocycles. The van der Waals surface area contributed by atoms with Crippen LogP contribution in [0.25, 0.3) is 0 Å². The third-order valence-electron chi connectivity index (χ3n) is 4.44. The molecule has 0 heterocycles. The molecule has 5 nitrogen and oxygen atoms in total. The van der Waals surface area contributed by atoms with Gasteiger partial charge in [-0.1, -0.05) is 30.3 Å². The van der Waals surface area contributed by atoms with Gasteiger partial charge in [0.25, 0.3) is 0 Å². The Labute approximate surface area is 160 Å². The average molecular weight is 372 g/mol. The van der Waals surface area contributed by atoms with Gasteiger partial charge in [0.2, 0.25) is 0 Å². The van der Waals surface area contributed by atoms with Crippen LogP contribution in [0.5, 0.6) is 11.5 Å². The van der Waals surface area contributed by atoms with Crippen molar-refractivity contribution in [2.45, 2.75) is 38.9 Å². The van der Waals surface area contributed by atoms with Crippen LogP contribution in [0, 0.1) is 5.92 Å². The second-order valence-electron chi connectivity index (χ2n) is 6.73. The number of carboxylic acids is 1. The highest BCUT2D eigenvalue weighted by Crippen LogP contribution is 2.27. The topological polar surface area (TPSA) is 65.0 Å². The van der Waals surface area contributed by atoms with Gasteiger partial charge >= 0.3 is 5.97 Å². The van der Waals surface area contributed by atoms with Crippen LogP contribution in [0.3, 0.4) is 0 Å². The molecule has 5 heteroatoms. The Kier molecular flexibility index (Phi) is 8.14. The van der Waals surface area contributed by atoms with Gasteiger partial charge in [0.05, 0.1) is 26.9 Å². The summed E-state index contributed by atoms with van der Waals surface area (Å²) in [6, 6.07) is 15.6. The molecule has 0 aromatic heterocycles. The van der Waals surface area contributed by atoms with E-state index in [9.17, 15) is 9.90 Å². The van der Waals surface area contributed by atoms with Crippen LogP contribution >= 0.6 is 0 Å². The van der Waals surface area contributed by atoms with Crippen LogP contribution in [-0.4, -0.2) is 31.4 Å². The van der Waals surface area contributed by atoms with Gasteiger partial charge in [0, 0.05) is 12.5 Å². The maximum Gasteiger partial charge on any atom is 0.303 e. The summed E-state index contributed by atoms with van der Waals surface area (Å²) in [6.07, 6.45) is 1.35. The Morgan fingerprint density at radius 2 is 1.63 bits per heavy atom. The Bertz CT molecular complexity index is 692. The van der Waals surface area contributed by atoms with Crippen molar-refractivity contribution in [1.82, 2.24) is 0 Å². The van der Waals surface area contributed by atoms with Crippen LogP contribution in [-0.2, 0) is 22.6 Å². The SMILES string of the molecule is COc1cc(C[C@H](CC(=O)O)C[C@@H](C)OCc2ccccc2)cc(OC)c1. The molecular formula is C22H28O5. The van der Waals surface area contributed by atoms with E-state index in [0.29, 0.717) is 30.9 Å². The average Bonchev–Trinajstić information content (AvgIpc) is 2.66. The second-order valence-corrected chi connectivity index (χ2v) is 6.73. The van der Waals surface area contributed by atoms with E-state index in [4.69, 9.17) is 14.2 Å². The fourth-order valence-electron chi connectivity index (χ4n) is 3.15. The number of benzene rings is 2. The molecule has 0 bridgehead atoms. The van der Waals surface area contributed by atoms with Crippen molar-refractivity contribution in [2.24, 2.45) is 5.92 Å². The first-order valence-electron chi connectivity index (χ1n) is 9.09. The summed E-state index contributed by atoms with van der Waals surface area (Å²) in [4.78, 5) is 11.3. The third kappa shape index (κ3) is 7.31. The summed E-state index contributed by atoms with van der Waals surface area (Å²) < 4.78 is 16.5. The van der Waals surface area contributed by atoms with Crippen molar-refractivity contribution >= 4 is 5.97 Å². The van der Waals surface area contributed by atoms with Crippen molar-refractivity contribution in [2.75, 3.05) is 14.2 Å². The van der Waals surface area contributed by atoms with Crippen molar-refractivity contribution in [3.8, 4) is 11.5 Å². The molecule has 2 rings (SSSR count). The molecule has 0 radical (unpaired) electrons. The molecule has 0 fully saturated rings. The number of methoxy groups -OCH3 is 2. The molecule has 2 aromatic rings. The standard InChI is InChI=1S/C22H28O5/c1-16(27-15-17-7-5-4-6-8-17)9-18(13-22(23)24)10-19-11-20(25-2)14-21(12-19)26-3/h4-8,11-12,14,16,18H,9-10,13,15H2,1-3H3,(H,23,24)/t16-,18-/m1/s1. The monoisotopic (exact) mass is 372 g/mol. The van der Waals surface area contributed by atoms with E-state index >= 15 is 0 Å². The Morgan fingerprint density at radius 1 is 1.00 bits per heavy atom. The van der Waals surface area contributed by atoms with E-state index in [1.54, 1.807) is 20.3 Å². The van der Waals surface area contributed by atoms with Crippen LogP contribution in [0.1, 0.15) is 30.9 Å². The molecular weight excluding hydrogens is 344 g/mol. The number of carboxylic acid groups (broad SMARTS) is 1. The molecule has 0 saturated heterocycles. The van der Waals surface area contributed by atoms with E-state index in [1.165, 1.54) is 0 Å². The molecule has 146 valence electrons.